The summed E-state index contributed by atoms with van der Waals surface area (Å²) in [6.07, 6.45) is 1.26. The minimum absolute atomic E-state index is 0.0463. The van der Waals surface area contributed by atoms with Gasteiger partial charge in [0.1, 0.15) is 5.82 Å². The summed E-state index contributed by atoms with van der Waals surface area (Å²) in [5.74, 6) is 1.89. The predicted molar refractivity (Wildman–Crippen MR) is 125 cm³/mol. The SMILES string of the molecule is CCCOc1ccc(C2CC(=O)Nc3c2c(C)nn3-c2nc3ccccc3s2)cc1OC. The van der Waals surface area contributed by atoms with Gasteiger partial charge < -0.3 is 14.8 Å². The second-order valence-electron chi connectivity index (χ2n) is 7.79. The van der Waals surface area contributed by atoms with Gasteiger partial charge in [0.25, 0.3) is 0 Å². The van der Waals surface area contributed by atoms with Gasteiger partial charge >= 0.3 is 0 Å². The number of ether oxygens (including phenoxy) is 2. The van der Waals surface area contributed by atoms with Gasteiger partial charge in [-0.05, 0) is 43.2 Å². The molecular weight excluding hydrogens is 424 g/mol. The van der Waals surface area contributed by atoms with Crippen molar-refractivity contribution in [3.63, 3.8) is 0 Å². The highest BCUT2D eigenvalue weighted by molar-refractivity contribution is 7.20. The van der Waals surface area contributed by atoms with Crippen molar-refractivity contribution in [3.8, 4) is 16.6 Å². The zero-order valence-electron chi connectivity index (χ0n) is 18.2. The van der Waals surface area contributed by atoms with Gasteiger partial charge in [0.15, 0.2) is 11.5 Å². The Labute approximate surface area is 190 Å². The van der Waals surface area contributed by atoms with E-state index in [1.165, 1.54) is 0 Å². The third-order valence-electron chi connectivity index (χ3n) is 5.62. The molecule has 4 aromatic rings. The van der Waals surface area contributed by atoms with Crippen molar-refractivity contribution in [1.29, 1.82) is 0 Å². The number of methoxy groups -OCH3 is 1. The predicted octanol–water partition coefficient (Wildman–Crippen LogP) is 5.06. The van der Waals surface area contributed by atoms with Crippen molar-refractivity contribution in [2.24, 2.45) is 0 Å². The van der Waals surface area contributed by atoms with Crippen LogP contribution in [0.1, 0.15) is 42.5 Å². The zero-order valence-corrected chi connectivity index (χ0v) is 19.0. The number of aryl methyl sites for hydroxylation is 1. The van der Waals surface area contributed by atoms with Gasteiger partial charge in [0, 0.05) is 17.9 Å². The highest BCUT2D eigenvalue weighted by Gasteiger charge is 2.33. The van der Waals surface area contributed by atoms with Gasteiger partial charge in [-0.2, -0.15) is 9.78 Å². The first kappa shape index (κ1) is 20.5. The van der Waals surface area contributed by atoms with Gasteiger partial charge in [-0.25, -0.2) is 4.98 Å². The van der Waals surface area contributed by atoms with Crippen LogP contribution < -0.4 is 14.8 Å². The van der Waals surface area contributed by atoms with E-state index in [-0.39, 0.29) is 11.8 Å². The Balaban J connectivity index is 1.59. The number of thiazole rings is 1. The Morgan fingerprint density at radius 2 is 2.06 bits per heavy atom. The molecule has 1 amide bonds. The summed E-state index contributed by atoms with van der Waals surface area (Å²) in [4.78, 5) is 17.4. The van der Waals surface area contributed by atoms with Crippen LogP contribution in [-0.2, 0) is 4.79 Å². The lowest BCUT2D eigenvalue weighted by molar-refractivity contribution is -0.116. The molecule has 5 rings (SSSR count). The highest BCUT2D eigenvalue weighted by atomic mass is 32.1. The lowest BCUT2D eigenvalue weighted by Gasteiger charge is -2.24. The van der Waals surface area contributed by atoms with Crippen molar-refractivity contribution >= 4 is 33.3 Å². The summed E-state index contributed by atoms with van der Waals surface area (Å²) in [6.45, 7) is 4.66. The van der Waals surface area contributed by atoms with E-state index in [9.17, 15) is 4.79 Å². The first-order valence-electron chi connectivity index (χ1n) is 10.6. The maximum atomic E-state index is 12.7. The molecular formula is C24H24N4O3S. The molecule has 164 valence electrons. The van der Waals surface area contributed by atoms with Crippen LogP contribution in [-0.4, -0.2) is 34.4 Å². The number of amides is 1. The smallest absolute Gasteiger partial charge is 0.226 e. The lowest BCUT2D eigenvalue weighted by Crippen LogP contribution is -2.25. The molecule has 0 radical (unpaired) electrons. The molecule has 0 spiro atoms. The van der Waals surface area contributed by atoms with E-state index >= 15 is 0 Å². The number of benzene rings is 2. The monoisotopic (exact) mass is 448 g/mol. The van der Waals surface area contributed by atoms with E-state index in [0.717, 1.165) is 38.6 Å². The Morgan fingerprint density at radius 3 is 2.84 bits per heavy atom. The lowest BCUT2D eigenvalue weighted by atomic mass is 9.85. The largest absolute Gasteiger partial charge is 0.493 e. The number of carbonyl (C=O) groups excluding carboxylic acids is 1. The van der Waals surface area contributed by atoms with E-state index in [4.69, 9.17) is 19.6 Å². The summed E-state index contributed by atoms with van der Waals surface area (Å²) < 4.78 is 14.2. The molecule has 8 heteroatoms. The fraction of sp³-hybridized carbons (Fsp3) is 0.292. The third-order valence-corrected chi connectivity index (χ3v) is 6.63. The number of para-hydroxylation sites is 1. The molecule has 1 aliphatic rings. The van der Waals surface area contributed by atoms with Gasteiger partial charge in [0.2, 0.25) is 11.0 Å². The van der Waals surface area contributed by atoms with Crippen LogP contribution in [0.5, 0.6) is 11.5 Å². The van der Waals surface area contributed by atoms with Crippen molar-refractivity contribution in [2.75, 3.05) is 19.0 Å². The molecule has 0 fully saturated rings. The molecule has 0 bridgehead atoms. The molecule has 2 aromatic heterocycles. The average molecular weight is 449 g/mol. The van der Waals surface area contributed by atoms with E-state index in [1.54, 1.807) is 23.1 Å². The van der Waals surface area contributed by atoms with Crippen LogP contribution in [0.2, 0.25) is 0 Å². The molecule has 2 aromatic carbocycles. The van der Waals surface area contributed by atoms with Crippen molar-refractivity contribution < 1.29 is 14.3 Å². The summed E-state index contributed by atoms with van der Waals surface area (Å²) in [5, 5.41) is 8.53. The molecule has 32 heavy (non-hydrogen) atoms. The zero-order chi connectivity index (χ0) is 22.2. The fourth-order valence-corrected chi connectivity index (χ4v) is 5.08. The third kappa shape index (κ3) is 3.50. The fourth-order valence-electron chi connectivity index (χ4n) is 4.15. The van der Waals surface area contributed by atoms with E-state index in [1.807, 2.05) is 49.4 Å². The number of aromatic nitrogens is 3. The van der Waals surface area contributed by atoms with Crippen LogP contribution >= 0.6 is 11.3 Å². The van der Waals surface area contributed by atoms with Gasteiger partial charge in [0.05, 0.1) is 29.6 Å². The van der Waals surface area contributed by atoms with Crippen LogP contribution in [0.3, 0.4) is 0 Å². The molecule has 1 N–H and O–H groups in total. The van der Waals surface area contributed by atoms with Gasteiger partial charge in [-0.1, -0.05) is 36.5 Å². The number of hydrogen-bond donors (Lipinski definition) is 1. The van der Waals surface area contributed by atoms with Crippen LogP contribution in [0.4, 0.5) is 5.82 Å². The molecule has 1 atom stereocenters. The minimum atomic E-state index is -0.129. The summed E-state index contributed by atoms with van der Waals surface area (Å²) in [7, 11) is 1.63. The Morgan fingerprint density at radius 1 is 1.22 bits per heavy atom. The van der Waals surface area contributed by atoms with Crippen LogP contribution in [0, 0.1) is 6.92 Å². The molecule has 7 nitrogen and oxygen atoms in total. The van der Waals surface area contributed by atoms with E-state index in [2.05, 4.69) is 12.2 Å². The number of nitrogens with zero attached hydrogens (tertiary/aromatic N) is 3. The number of rotatable bonds is 6. The molecule has 3 heterocycles. The Kier molecular flexibility index (Phi) is 5.30. The first-order chi connectivity index (χ1) is 15.6. The maximum absolute atomic E-state index is 12.7. The van der Waals surface area contributed by atoms with Crippen molar-refractivity contribution in [2.45, 2.75) is 32.6 Å². The van der Waals surface area contributed by atoms with Gasteiger partial charge in [-0.15, -0.1) is 0 Å². The van der Waals surface area contributed by atoms with E-state index in [0.29, 0.717) is 30.3 Å². The molecule has 0 saturated heterocycles. The second kappa shape index (κ2) is 8.27. The molecule has 0 saturated carbocycles. The van der Waals surface area contributed by atoms with Crippen LogP contribution in [0.25, 0.3) is 15.3 Å². The molecule has 1 aliphatic heterocycles. The van der Waals surface area contributed by atoms with Crippen molar-refractivity contribution in [1.82, 2.24) is 14.8 Å². The molecule has 1 unspecified atom stereocenters. The number of nitrogens with one attached hydrogen (secondary N) is 1. The standard InChI is InChI=1S/C24H24N4O3S/c1-4-11-31-18-10-9-15(12-19(18)30-3)16-13-21(29)26-23-22(16)14(2)27-28(23)24-25-17-7-5-6-8-20(17)32-24/h5-10,12,16H,4,11,13H2,1-3H3,(H,26,29). The number of fused-ring (bicyclic) bond motifs is 2. The van der Waals surface area contributed by atoms with E-state index < -0.39 is 0 Å². The quantitative estimate of drug-likeness (QED) is 0.446. The highest BCUT2D eigenvalue weighted by Crippen LogP contribution is 2.43. The summed E-state index contributed by atoms with van der Waals surface area (Å²) >= 11 is 1.55. The van der Waals surface area contributed by atoms with Crippen LogP contribution in [0.15, 0.2) is 42.5 Å². The maximum Gasteiger partial charge on any atom is 0.226 e. The molecule has 0 aliphatic carbocycles. The Hall–Kier alpha value is -3.39. The summed E-state index contributed by atoms with van der Waals surface area (Å²) in [6, 6.07) is 13.9. The number of carbonyl (C=O) groups is 1. The summed E-state index contributed by atoms with van der Waals surface area (Å²) in [5.41, 5.74) is 3.79. The normalized spacial score (nSPS) is 15.5. The minimum Gasteiger partial charge on any atom is -0.493 e. The first-order valence-corrected chi connectivity index (χ1v) is 11.5. The number of anilines is 1. The number of hydrogen-bond acceptors (Lipinski definition) is 6. The van der Waals surface area contributed by atoms with Gasteiger partial charge in [-0.3, -0.25) is 4.79 Å². The average Bonchev–Trinajstić information content (AvgIpc) is 3.38. The van der Waals surface area contributed by atoms with Crippen molar-refractivity contribution in [3.05, 3.63) is 59.3 Å². The second-order valence-corrected chi connectivity index (χ2v) is 8.80. The topological polar surface area (TPSA) is 78.3 Å². The Bertz CT molecular complexity index is 1280.